The van der Waals surface area contributed by atoms with E-state index in [2.05, 4.69) is 4.98 Å². The van der Waals surface area contributed by atoms with E-state index in [1.165, 1.54) is 24.4 Å². The van der Waals surface area contributed by atoms with Gasteiger partial charge in [0.05, 0.1) is 16.9 Å². The molecule has 0 aliphatic carbocycles. The van der Waals surface area contributed by atoms with Gasteiger partial charge in [-0.3, -0.25) is 4.98 Å². The zero-order valence-corrected chi connectivity index (χ0v) is 11.5. The molecular formula is C15H11ClFNO3. The first-order valence-electron chi connectivity index (χ1n) is 5.98. The predicted octanol–water partition coefficient (Wildman–Crippen LogP) is 3.55. The number of carboxylic acid groups (broad SMARTS) is 1. The van der Waals surface area contributed by atoms with E-state index < -0.39 is 11.8 Å². The van der Waals surface area contributed by atoms with E-state index in [1.54, 1.807) is 18.2 Å². The molecule has 0 aliphatic heterocycles. The molecule has 0 spiro atoms. The second-order valence-corrected chi connectivity index (χ2v) is 4.53. The highest BCUT2D eigenvalue weighted by molar-refractivity contribution is 6.30. The average molecular weight is 308 g/mol. The molecule has 108 valence electrons. The lowest BCUT2D eigenvalue weighted by molar-refractivity contribution is -0.131. The molecule has 2 aromatic rings. The second-order valence-electron chi connectivity index (χ2n) is 4.13. The van der Waals surface area contributed by atoms with Crippen LogP contribution in [0.2, 0.25) is 5.02 Å². The van der Waals surface area contributed by atoms with Crippen LogP contribution in [0.25, 0.3) is 6.08 Å². The molecule has 0 bridgehead atoms. The smallest absolute Gasteiger partial charge is 0.328 e. The third kappa shape index (κ3) is 4.57. The highest BCUT2D eigenvalue weighted by atomic mass is 35.5. The largest absolute Gasteiger partial charge is 0.487 e. The minimum atomic E-state index is -1.04. The van der Waals surface area contributed by atoms with Crippen LogP contribution in [-0.2, 0) is 11.4 Å². The highest BCUT2D eigenvalue weighted by Gasteiger charge is 2.02. The number of hydrogen-bond donors (Lipinski definition) is 1. The van der Waals surface area contributed by atoms with E-state index in [0.29, 0.717) is 17.0 Å². The van der Waals surface area contributed by atoms with E-state index in [1.807, 2.05) is 0 Å². The lowest BCUT2D eigenvalue weighted by Gasteiger charge is -2.06. The molecule has 4 nitrogen and oxygen atoms in total. The SMILES string of the molecule is O=C(O)/C=C/c1ccc(OCc2ccc(Cl)c(F)c2)cn1. The van der Waals surface area contributed by atoms with Crippen LogP contribution in [0.5, 0.6) is 5.75 Å². The van der Waals surface area contributed by atoms with Gasteiger partial charge in [-0.1, -0.05) is 17.7 Å². The molecular weight excluding hydrogens is 297 g/mol. The molecule has 1 aromatic carbocycles. The molecule has 1 aromatic heterocycles. The van der Waals surface area contributed by atoms with Gasteiger partial charge in [-0.25, -0.2) is 9.18 Å². The molecule has 6 heteroatoms. The number of aliphatic carboxylic acids is 1. The summed E-state index contributed by atoms with van der Waals surface area (Å²) in [4.78, 5) is 14.4. The van der Waals surface area contributed by atoms with E-state index in [9.17, 15) is 9.18 Å². The molecule has 0 unspecified atom stereocenters. The molecule has 1 N–H and O–H groups in total. The third-order valence-electron chi connectivity index (χ3n) is 2.55. The van der Waals surface area contributed by atoms with Crippen molar-refractivity contribution < 1.29 is 19.0 Å². The number of hydrogen-bond acceptors (Lipinski definition) is 3. The van der Waals surface area contributed by atoms with Crippen molar-refractivity contribution in [3.05, 3.63) is 64.7 Å². The molecule has 2 rings (SSSR count). The number of halogens is 2. The minimum Gasteiger partial charge on any atom is -0.487 e. The van der Waals surface area contributed by atoms with Gasteiger partial charge in [0.2, 0.25) is 0 Å². The Hall–Kier alpha value is -2.40. The van der Waals surface area contributed by atoms with Gasteiger partial charge in [-0.05, 0) is 35.9 Å². The van der Waals surface area contributed by atoms with Crippen molar-refractivity contribution >= 4 is 23.6 Å². The Kier molecular flexibility index (Phi) is 4.90. The molecule has 0 saturated carbocycles. The number of rotatable bonds is 5. The number of benzene rings is 1. The standard InChI is InChI=1S/C15H11ClFNO3/c16-13-5-1-10(7-14(13)17)9-21-12-4-2-11(18-8-12)3-6-15(19)20/h1-8H,9H2,(H,19,20)/b6-3+. The fourth-order valence-electron chi connectivity index (χ4n) is 1.53. The maximum atomic E-state index is 13.3. The first-order chi connectivity index (χ1) is 10.0. The van der Waals surface area contributed by atoms with E-state index >= 15 is 0 Å². The van der Waals surface area contributed by atoms with Crippen molar-refractivity contribution in [3.8, 4) is 5.75 Å². The number of aromatic nitrogens is 1. The third-order valence-corrected chi connectivity index (χ3v) is 2.85. The zero-order chi connectivity index (χ0) is 15.2. The van der Waals surface area contributed by atoms with Crippen LogP contribution >= 0.6 is 11.6 Å². The zero-order valence-electron chi connectivity index (χ0n) is 10.8. The van der Waals surface area contributed by atoms with Crippen LogP contribution in [0.15, 0.2) is 42.6 Å². The van der Waals surface area contributed by atoms with Gasteiger partial charge >= 0.3 is 5.97 Å². The van der Waals surface area contributed by atoms with E-state index in [0.717, 1.165) is 6.08 Å². The van der Waals surface area contributed by atoms with Gasteiger partial charge < -0.3 is 9.84 Å². The van der Waals surface area contributed by atoms with E-state index in [4.69, 9.17) is 21.4 Å². The Bertz CT molecular complexity index is 671. The van der Waals surface area contributed by atoms with E-state index in [-0.39, 0.29) is 11.6 Å². The summed E-state index contributed by atoms with van der Waals surface area (Å²) in [6.45, 7) is 0.181. The monoisotopic (exact) mass is 307 g/mol. The molecule has 0 amide bonds. The molecule has 0 fully saturated rings. The number of nitrogens with zero attached hydrogens (tertiary/aromatic N) is 1. The van der Waals surface area contributed by atoms with Gasteiger partial charge in [0, 0.05) is 6.08 Å². The summed E-state index contributed by atoms with van der Waals surface area (Å²) in [7, 11) is 0. The molecule has 21 heavy (non-hydrogen) atoms. The lowest BCUT2D eigenvalue weighted by atomic mass is 10.2. The van der Waals surface area contributed by atoms with Crippen LogP contribution in [0.1, 0.15) is 11.3 Å². The summed E-state index contributed by atoms with van der Waals surface area (Å²) in [5.74, 6) is -1.04. The minimum absolute atomic E-state index is 0.0648. The number of carboxylic acids is 1. The molecule has 1 heterocycles. The van der Waals surface area contributed by atoms with Crippen molar-refractivity contribution in [3.63, 3.8) is 0 Å². The van der Waals surface area contributed by atoms with Crippen molar-refractivity contribution in [1.82, 2.24) is 4.98 Å². The topological polar surface area (TPSA) is 59.4 Å². The average Bonchev–Trinajstić information content (AvgIpc) is 2.47. The summed E-state index contributed by atoms with van der Waals surface area (Å²) in [6, 6.07) is 7.72. The summed E-state index contributed by atoms with van der Waals surface area (Å²) < 4.78 is 18.7. The van der Waals surface area contributed by atoms with Gasteiger partial charge in [-0.2, -0.15) is 0 Å². The maximum Gasteiger partial charge on any atom is 0.328 e. The fourth-order valence-corrected chi connectivity index (χ4v) is 1.65. The highest BCUT2D eigenvalue weighted by Crippen LogP contribution is 2.17. The van der Waals surface area contributed by atoms with Gasteiger partial charge in [0.25, 0.3) is 0 Å². The molecule has 0 aliphatic rings. The van der Waals surface area contributed by atoms with Gasteiger partial charge in [-0.15, -0.1) is 0 Å². The Balaban J connectivity index is 1.97. The van der Waals surface area contributed by atoms with Gasteiger partial charge in [0.1, 0.15) is 18.2 Å². The Morgan fingerprint density at radius 2 is 2.19 bits per heavy atom. The molecule has 0 radical (unpaired) electrons. The molecule has 0 atom stereocenters. The van der Waals surface area contributed by atoms with Gasteiger partial charge in [0.15, 0.2) is 0 Å². The Morgan fingerprint density at radius 3 is 2.81 bits per heavy atom. The Labute approximate surface area is 125 Å². The summed E-state index contributed by atoms with van der Waals surface area (Å²) in [5, 5.41) is 8.57. The van der Waals surface area contributed by atoms with Crippen molar-refractivity contribution in [2.45, 2.75) is 6.61 Å². The van der Waals surface area contributed by atoms with Crippen molar-refractivity contribution in [2.24, 2.45) is 0 Å². The predicted molar refractivity (Wildman–Crippen MR) is 76.6 cm³/mol. The van der Waals surface area contributed by atoms with Crippen LogP contribution in [0.4, 0.5) is 4.39 Å². The summed E-state index contributed by atoms with van der Waals surface area (Å²) in [5.41, 5.74) is 1.15. The first kappa shape index (κ1) is 15.0. The summed E-state index contributed by atoms with van der Waals surface area (Å²) in [6.07, 6.45) is 3.84. The Morgan fingerprint density at radius 1 is 1.38 bits per heavy atom. The van der Waals surface area contributed by atoms with Crippen LogP contribution in [0, 0.1) is 5.82 Å². The normalized spacial score (nSPS) is 10.8. The number of ether oxygens (including phenoxy) is 1. The van der Waals surface area contributed by atoms with Crippen molar-refractivity contribution in [1.29, 1.82) is 0 Å². The first-order valence-corrected chi connectivity index (χ1v) is 6.36. The van der Waals surface area contributed by atoms with Crippen molar-refractivity contribution in [2.75, 3.05) is 0 Å². The van der Waals surface area contributed by atoms with Crippen LogP contribution in [0.3, 0.4) is 0 Å². The lowest BCUT2D eigenvalue weighted by Crippen LogP contribution is -1.97. The van der Waals surface area contributed by atoms with Crippen LogP contribution < -0.4 is 4.74 Å². The fraction of sp³-hybridized carbons (Fsp3) is 0.0667. The second kappa shape index (κ2) is 6.85. The number of carbonyl (C=O) groups is 1. The van der Waals surface area contributed by atoms with Crippen LogP contribution in [-0.4, -0.2) is 16.1 Å². The summed E-state index contributed by atoms with van der Waals surface area (Å²) >= 11 is 5.59. The maximum absolute atomic E-state index is 13.3. The number of pyridine rings is 1. The molecule has 0 saturated heterocycles. The quantitative estimate of drug-likeness (QED) is 0.858.